The van der Waals surface area contributed by atoms with E-state index in [9.17, 15) is 12.6 Å². The van der Waals surface area contributed by atoms with Crippen molar-refractivity contribution in [1.82, 2.24) is 4.72 Å². The Morgan fingerprint density at radius 2 is 2.00 bits per heavy atom. The molecular weight excluding hydrogens is 222 g/mol. The predicted molar refractivity (Wildman–Crippen MR) is 60.2 cm³/mol. The minimum Gasteiger partial charge on any atom is -0.260 e. The van der Waals surface area contributed by atoms with Crippen LogP contribution in [0, 0.1) is 0 Å². The molecule has 0 heterocycles. The molecule has 2 atom stereocenters. The van der Waals surface area contributed by atoms with Crippen LogP contribution in [0.5, 0.6) is 0 Å². The van der Waals surface area contributed by atoms with Crippen molar-refractivity contribution in [3.63, 3.8) is 0 Å². The molecule has 0 aromatic rings. The fraction of sp³-hybridized carbons (Fsp3) is 1.00. The van der Waals surface area contributed by atoms with Gasteiger partial charge in [-0.2, -0.15) is 0 Å². The molecule has 0 aliphatic carbocycles. The van der Waals surface area contributed by atoms with E-state index in [1.54, 1.807) is 13.2 Å². The van der Waals surface area contributed by atoms with Gasteiger partial charge >= 0.3 is 0 Å². The average molecular weight is 241 g/mol. The van der Waals surface area contributed by atoms with Gasteiger partial charge in [-0.15, -0.1) is 0 Å². The van der Waals surface area contributed by atoms with Crippen LogP contribution in [0.1, 0.15) is 26.7 Å². The summed E-state index contributed by atoms with van der Waals surface area (Å²) in [7, 11) is -3.98. The second-order valence-electron chi connectivity index (χ2n) is 3.40. The molecular formula is C8H19NO3S2. The SMILES string of the molecule is CCCS(=O)(=O)NC(C)CCS(C)=O. The molecule has 0 aromatic carbocycles. The second-order valence-corrected chi connectivity index (χ2v) is 6.83. The highest BCUT2D eigenvalue weighted by atomic mass is 32.2. The summed E-state index contributed by atoms with van der Waals surface area (Å²) in [6, 6.07) is -0.129. The molecule has 0 saturated heterocycles. The Morgan fingerprint density at radius 3 is 2.43 bits per heavy atom. The Morgan fingerprint density at radius 1 is 1.43 bits per heavy atom. The van der Waals surface area contributed by atoms with Crippen molar-refractivity contribution in [3.8, 4) is 0 Å². The summed E-state index contributed by atoms with van der Waals surface area (Å²) < 4.78 is 35.9. The van der Waals surface area contributed by atoms with Gasteiger partial charge < -0.3 is 0 Å². The van der Waals surface area contributed by atoms with Gasteiger partial charge in [-0.05, 0) is 19.8 Å². The first-order valence-electron chi connectivity index (χ1n) is 4.67. The zero-order valence-electron chi connectivity index (χ0n) is 8.95. The average Bonchev–Trinajstić information content (AvgIpc) is 1.99. The molecule has 2 unspecified atom stereocenters. The van der Waals surface area contributed by atoms with Crippen LogP contribution in [-0.4, -0.2) is 36.4 Å². The maximum atomic E-state index is 11.3. The molecule has 0 rings (SSSR count). The standard InChI is InChI=1S/C8H19NO3S2/c1-4-7-14(11,12)9-8(2)5-6-13(3)10/h8-9H,4-7H2,1-3H3. The van der Waals surface area contributed by atoms with Crippen LogP contribution < -0.4 is 4.72 Å². The third kappa shape index (κ3) is 7.46. The van der Waals surface area contributed by atoms with E-state index in [0.717, 1.165) is 0 Å². The van der Waals surface area contributed by atoms with Gasteiger partial charge in [0.25, 0.3) is 0 Å². The van der Waals surface area contributed by atoms with Crippen LogP contribution in [0.3, 0.4) is 0 Å². The zero-order valence-corrected chi connectivity index (χ0v) is 10.6. The highest BCUT2D eigenvalue weighted by Gasteiger charge is 2.12. The molecule has 0 bridgehead atoms. The largest absolute Gasteiger partial charge is 0.260 e. The highest BCUT2D eigenvalue weighted by molar-refractivity contribution is 7.89. The first kappa shape index (κ1) is 14.1. The molecule has 86 valence electrons. The van der Waals surface area contributed by atoms with E-state index in [4.69, 9.17) is 0 Å². The molecule has 4 nitrogen and oxygen atoms in total. The Labute approximate surface area is 89.0 Å². The summed E-state index contributed by atoms with van der Waals surface area (Å²) in [5.74, 6) is 0.697. The van der Waals surface area contributed by atoms with E-state index in [2.05, 4.69) is 4.72 Å². The van der Waals surface area contributed by atoms with E-state index in [1.165, 1.54) is 0 Å². The topological polar surface area (TPSA) is 63.2 Å². The monoisotopic (exact) mass is 241 g/mol. The molecule has 0 amide bonds. The third-order valence-corrected chi connectivity index (χ3v) is 4.21. The van der Waals surface area contributed by atoms with E-state index >= 15 is 0 Å². The van der Waals surface area contributed by atoms with Crippen LogP contribution >= 0.6 is 0 Å². The van der Waals surface area contributed by atoms with Crippen LogP contribution in [0.15, 0.2) is 0 Å². The van der Waals surface area contributed by atoms with Crippen molar-refractivity contribution in [2.45, 2.75) is 32.7 Å². The van der Waals surface area contributed by atoms with E-state index < -0.39 is 20.8 Å². The molecule has 14 heavy (non-hydrogen) atoms. The zero-order chi connectivity index (χ0) is 11.2. The van der Waals surface area contributed by atoms with Crippen LogP contribution in [0.4, 0.5) is 0 Å². The summed E-state index contributed by atoms with van der Waals surface area (Å²) in [6.45, 7) is 3.62. The molecule has 1 N–H and O–H groups in total. The highest BCUT2D eigenvalue weighted by Crippen LogP contribution is 1.97. The Balaban J connectivity index is 3.93. The number of nitrogens with one attached hydrogen (secondary N) is 1. The van der Waals surface area contributed by atoms with Crippen molar-refractivity contribution >= 4 is 20.8 Å². The quantitative estimate of drug-likeness (QED) is 0.705. The number of sulfonamides is 1. The lowest BCUT2D eigenvalue weighted by molar-refractivity contribution is 0.554. The van der Waals surface area contributed by atoms with Crippen molar-refractivity contribution in [2.75, 3.05) is 17.8 Å². The van der Waals surface area contributed by atoms with Gasteiger partial charge in [0, 0.05) is 28.9 Å². The fourth-order valence-corrected chi connectivity index (χ4v) is 3.11. The van der Waals surface area contributed by atoms with Crippen molar-refractivity contribution in [2.24, 2.45) is 0 Å². The van der Waals surface area contributed by atoms with E-state index in [0.29, 0.717) is 18.6 Å². The minimum atomic E-state index is -3.13. The maximum Gasteiger partial charge on any atom is 0.211 e. The smallest absolute Gasteiger partial charge is 0.211 e. The fourth-order valence-electron chi connectivity index (χ4n) is 1.04. The van der Waals surface area contributed by atoms with Crippen LogP contribution in [-0.2, 0) is 20.8 Å². The summed E-state index contributed by atoms with van der Waals surface area (Å²) >= 11 is 0. The summed E-state index contributed by atoms with van der Waals surface area (Å²) in [5.41, 5.74) is 0. The molecule has 0 aliphatic heterocycles. The van der Waals surface area contributed by atoms with E-state index in [1.807, 2.05) is 6.92 Å². The van der Waals surface area contributed by atoms with Crippen molar-refractivity contribution in [3.05, 3.63) is 0 Å². The van der Waals surface area contributed by atoms with Gasteiger partial charge in [0.05, 0.1) is 5.75 Å². The summed E-state index contributed by atoms with van der Waals surface area (Å²) in [4.78, 5) is 0. The van der Waals surface area contributed by atoms with Gasteiger partial charge in [0.15, 0.2) is 0 Å². The minimum absolute atomic E-state index is 0.129. The first-order chi connectivity index (χ1) is 6.37. The van der Waals surface area contributed by atoms with Crippen LogP contribution in [0.2, 0.25) is 0 Å². The molecule has 0 aliphatic rings. The Bertz CT molecular complexity index is 274. The van der Waals surface area contributed by atoms with E-state index in [-0.39, 0.29) is 11.8 Å². The van der Waals surface area contributed by atoms with Gasteiger partial charge in [-0.25, -0.2) is 13.1 Å². The lowest BCUT2D eigenvalue weighted by Gasteiger charge is -2.12. The van der Waals surface area contributed by atoms with Gasteiger partial charge in [0.2, 0.25) is 10.0 Å². The van der Waals surface area contributed by atoms with Crippen LogP contribution in [0.25, 0.3) is 0 Å². The molecule has 0 saturated carbocycles. The Kier molecular flexibility index (Phi) is 6.55. The second kappa shape index (κ2) is 6.53. The third-order valence-electron chi connectivity index (χ3n) is 1.69. The number of hydrogen-bond acceptors (Lipinski definition) is 3. The summed E-state index contributed by atoms with van der Waals surface area (Å²) in [5, 5.41) is 0. The molecule has 0 fully saturated rings. The first-order valence-corrected chi connectivity index (χ1v) is 8.05. The molecule has 6 heteroatoms. The maximum absolute atomic E-state index is 11.3. The van der Waals surface area contributed by atoms with Crippen molar-refractivity contribution in [1.29, 1.82) is 0 Å². The molecule has 0 aromatic heterocycles. The van der Waals surface area contributed by atoms with Gasteiger partial charge in [-0.1, -0.05) is 6.92 Å². The van der Waals surface area contributed by atoms with Gasteiger partial charge in [0.1, 0.15) is 0 Å². The molecule has 0 spiro atoms. The Hall–Kier alpha value is 0.0600. The number of rotatable bonds is 7. The lowest BCUT2D eigenvalue weighted by atomic mass is 10.3. The normalized spacial score (nSPS) is 16.5. The number of hydrogen-bond donors (Lipinski definition) is 1. The summed E-state index contributed by atoms with van der Waals surface area (Å²) in [6.07, 6.45) is 2.85. The van der Waals surface area contributed by atoms with Gasteiger partial charge in [-0.3, -0.25) is 4.21 Å². The lowest BCUT2D eigenvalue weighted by Crippen LogP contribution is -2.35. The van der Waals surface area contributed by atoms with Crippen molar-refractivity contribution < 1.29 is 12.6 Å². The molecule has 0 radical (unpaired) electrons. The predicted octanol–water partition coefficient (Wildman–Crippen LogP) is 0.473.